The molecule has 0 bridgehead atoms. The number of hydrogen-bond donors (Lipinski definition) is 3. The molecule has 0 radical (unpaired) electrons. The summed E-state index contributed by atoms with van der Waals surface area (Å²) in [5.74, 6) is 0.319. The lowest BCUT2D eigenvalue weighted by Gasteiger charge is -2.08. The molecule has 0 aliphatic heterocycles. The molecule has 1 aromatic carbocycles. The summed E-state index contributed by atoms with van der Waals surface area (Å²) in [6.07, 6.45) is 2.53. The highest BCUT2D eigenvalue weighted by molar-refractivity contribution is 7.16. The normalized spacial score (nSPS) is 11.1. The Labute approximate surface area is 212 Å². The number of hydrogen-bond acceptors (Lipinski definition) is 8. The van der Waals surface area contributed by atoms with Gasteiger partial charge in [0.05, 0.1) is 12.3 Å². The number of carbonyl (C=O) groups is 1. The number of nitrogens with one attached hydrogen (secondary N) is 1. The van der Waals surface area contributed by atoms with Crippen LogP contribution in [0.1, 0.15) is 34.6 Å². The molecule has 9 heteroatoms. The van der Waals surface area contributed by atoms with E-state index in [0.29, 0.717) is 16.8 Å². The maximum absolute atomic E-state index is 12.0. The van der Waals surface area contributed by atoms with Crippen molar-refractivity contribution in [2.45, 2.75) is 27.2 Å². The summed E-state index contributed by atoms with van der Waals surface area (Å²) in [4.78, 5) is 23.3. The highest BCUT2D eigenvalue weighted by Crippen LogP contribution is 2.36. The van der Waals surface area contributed by atoms with E-state index in [1.54, 1.807) is 23.6 Å². The fraction of sp³-hybridized carbons (Fsp3) is 0.269. The third-order valence-electron chi connectivity index (χ3n) is 5.14. The van der Waals surface area contributed by atoms with Crippen molar-refractivity contribution in [3.05, 3.63) is 64.0 Å². The highest BCUT2D eigenvalue weighted by atomic mass is 32.1. The van der Waals surface area contributed by atoms with Gasteiger partial charge in [0.1, 0.15) is 23.7 Å². The minimum atomic E-state index is -1.05. The number of carboxylic acids is 1. The van der Waals surface area contributed by atoms with Gasteiger partial charge < -0.3 is 20.3 Å². The topological polar surface area (TPSA) is 105 Å². The lowest BCUT2D eigenvalue weighted by Crippen LogP contribution is -2.05. The van der Waals surface area contributed by atoms with Gasteiger partial charge in [0.15, 0.2) is 5.13 Å². The van der Waals surface area contributed by atoms with Gasteiger partial charge in [0, 0.05) is 27.1 Å². The van der Waals surface area contributed by atoms with E-state index in [1.165, 1.54) is 11.3 Å². The van der Waals surface area contributed by atoms with Crippen LogP contribution in [0.2, 0.25) is 0 Å². The Morgan fingerprint density at radius 3 is 2.57 bits per heavy atom. The molecule has 0 aliphatic carbocycles. The molecule has 3 N–H and O–H groups in total. The third kappa shape index (κ3) is 6.05. The first-order valence-corrected chi connectivity index (χ1v) is 12.9. The standard InChI is InChI=1S/C26H27N3O4S2/c1-15(2)10-22-23(17-4-6-19(7-5-17)33-9-8-30)28-26(35-22)29-24-20(25(31)32)12-18(13-27-24)21-11-16(3)14-34-21/h4-7,11-15,30H,8-10H2,1-3H3,(H,31,32)(H,27,28,29). The van der Waals surface area contributed by atoms with E-state index < -0.39 is 5.97 Å². The maximum Gasteiger partial charge on any atom is 0.339 e. The van der Waals surface area contributed by atoms with Gasteiger partial charge >= 0.3 is 5.97 Å². The first-order valence-electron chi connectivity index (χ1n) is 11.2. The van der Waals surface area contributed by atoms with Crippen LogP contribution in [0.3, 0.4) is 0 Å². The SMILES string of the molecule is Cc1csc(-c2cnc(Nc3nc(-c4ccc(OCCO)cc4)c(CC(C)C)s3)c(C(=O)O)c2)c1. The molecule has 0 saturated carbocycles. The van der Waals surface area contributed by atoms with E-state index in [1.807, 2.05) is 42.6 Å². The second kappa shape index (κ2) is 11.0. The zero-order valence-corrected chi connectivity index (χ0v) is 21.4. The van der Waals surface area contributed by atoms with Crippen LogP contribution in [-0.4, -0.2) is 39.4 Å². The first kappa shape index (κ1) is 24.8. The molecule has 0 aliphatic rings. The second-order valence-corrected chi connectivity index (χ2v) is 10.5. The lowest BCUT2D eigenvalue weighted by atomic mass is 10.0. The van der Waals surface area contributed by atoms with Gasteiger partial charge in [-0.2, -0.15) is 0 Å². The predicted octanol–water partition coefficient (Wildman–Crippen LogP) is 6.25. The minimum absolute atomic E-state index is 0.0400. The van der Waals surface area contributed by atoms with Gasteiger partial charge in [-0.25, -0.2) is 14.8 Å². The van der Waals surface area contributed by atoms with Crippen molar-refractivity contribution in [1.82, 2.24) is 9.97 Å². The Morgan fingerprint density at radius 2 is 1.94 bits per heavy atom. The van der Waals surface area contributed by atoms with Crippen molar-refractivity contribution in [1.29, 1.82) is 0 Å². The lowest BCUT2D eigenvalue weighted by molar-refractivity contribution is 0.0697. The summed E-state index contributed by atoms with van der Waals surface area (Å²) in [5.41, 5.74) is 3.79. The van der Waals surface area contributed by atoms with Crippen LogP contribution in [0.4, 0.5) is 10.9 Å². The van der Waals surface area contributed by atoms with Crippen molar-refractivity contribution < 1.29 is 19.7 Å². The number of carboxylic acid groups (broad SMARTS) is 1. The molecule has 35 heavy (non-hydrogen) atoms. The predicted molar refractivity (Wildman–Crippen MR) is 141 cm³/mol. The molecule has 0 unspecified atom stereocenters. The quantitative estimate of drug-likeness (QED) is 0.232. The molecule has 0 spiro atoms. The van der Waals surface area contributed by atoms with Gasteiger partial charge in [-0.15, -0.1) is 22.7 Å². The first-order chi connectivity index (χ1) is 16.8. The molecule has 0 fully saturated rings. The van der Waals surface area contributed by atoms with Crippen LogP contribution < -0.4 is 10.1 Å². The Balaban J connectivity index is 1.65. The number of aliphatic hydroxyl groups excluding tert-OH is 1. The molecule has 0 amide bonds. The van der Waals surface area contributed by atoms with E-state index in [4.69, 9.17) is 14.8 Å². The van der Waals surface area contributed by atoms with Crippen LogP contribution >= 0.6 is 22.7 Å². The number of rotatable bonds is 10. The maximum atomic E-state index is 12.0. The average molecular weight is 510 g/mol. The van der Waals surface area contributed by atoms with Crippen molar-refractivity contribution in [2.24, 2.45) is 5.92 Å². The Morgan fingerprint density at radius 1 is 1.17 bits per heavy atom. The van der Waals surface area contributed by atoms with Gasteiger partial charge in [-0.1, -0.05) is 13.8 Å². The van der Waals surface area contributed by atoms with E-state index in [2.05, 4.69) is 24.1 Å². The van der Waals surface area contributed by atoms with Crippen molar-refractivity contribution in [3.8, 4) is 27.4 Å². The number of anilines is 2. The summed E-state index contributed by atoms with van der Waals surface area (Å²) >= 11 is 3.06. The molecule has 4 aromatic rings. The average Bonchev–Trinajstić information content (AvgIpc) is 3.43. The fourth-order valence-corrected chi connectivity index (χ4v) is 5.64. The summed E-state index contributed by atoms with van der Waals surface area (Å²) in [6.45, 7) is 6.51. The van der Waals surface area contributed by atoms with Crippen molar-refractivity contribution >= 4 is 39.6 Å². The highest BCUT2D eigenvalue weighted by Gasteiger charge is 2.19. The van der Waals surface area contributed by atoms with Crippen LogP contribution in [0, 0.1) is 12.8 Å². The Hall–Kier alpha value is -3.27. The molecule has 3 heterocycles. The number of benzene rings is 1. The Bertz CT molecular complexity index is 1310. The van der Waals surface area contributed by atoms with Gasteiger partial charge in [-0.05, 0) is 66.6 Å². The number of thiazole rings is 1. The van der Waals surface area contributed by atoms with E-state index in [9.17, 15) is 9.90 Å². The number of thiophene rings is 1. The number of aromatic nitrogens is 2. The Kier molecular flexibility index (Phi) is 7.80. The molecule has 3 aromatic heterocycles. The monoisotopic (exact) mass is 509 g/mol. The minimum Gasteiger partial charge on any atom is -0.491 e. The smallest absolute Gasteiger partial charge is 0.339 e. The van der Waals surface area contributed by atoms with Gasteiger partial charge in [-0.3, -0.25) is 0 Å². The fourth-order valence-electron chi connectivity index (χ4n) is 3.56. The summed E-state index contributed by atoms with van der Waals surface area (Å²) in [6, 6.07) is 11.3. The zero-order chi connectivity index (χ0) is 24.9. The number of ether oxygens (including phenoxy) is 1. The zero-order valence-electron chi connectivity index (χ0n) is 19.7. The molecular formula is C26H27N3O4S2. The molecule has 4 rings (SSSR count). The number of pyridine rings is 1. The van der Waals surface area contributed by atoms with Crippen molar-refractivity contribution in [3.63, 3.8) is 0 Å². The number of aliphatic hydroxyl groups is 1. The van der Waals surface area contributed by atoms with Crippen LogP contribution in [-0.2, 0) is 6.42 Å². The van der Waals surface area contributed by atoms with Crippen LogP contribution in [0.5, 0.6) is 5.75 Å². The molecule has 0 saturated heterocycles. The molecular weight excluding hydrogens is 482 g/mol. The molecule has 7 nitrogen and oxygen atoms in total. The molecule has 182 valence electrons. The summed E-state index contributed by atoms with van der Waals surface area (Å²) < 4.78 is 5.46. The number of nitrogens with zero attached hydrogens (tertiary/aromatic N) is 2. The molecule has 0 atom stereocenters. The van der Waals surface area contributed by atoms with Gasteiger partial charge in [0.25, 0.3) is 0 Å². The summed E-state index contributed by atoms with van der Waals surface area (Å²) in [5, 5.41) is 24.6. The number of aromatic carboxylic acids is 1. The van der Waals surface area contributed by atoms with E-state index >= 15 is 0 Å². The number of aryl methyl sites for hydroxylation is 1. The third-order valence-corrected chi connectivity index (χ3v) is 7.23. The van der Waals surface area contributed by atoms with E-state index in [0.717, 1.165) is 38.6 Å². The second-order valence-electron chi connectivity index (χ2n) is 8.52. The largest absolute Gasteiger partial charge is 0.491 e. The van der Waals surface area contributed by atoms with Crippen molar-refractivity contribution in [2.75, 3.05) is 18.5 Å². The van der Waals surface area contributed by atoms with Gasteiger partial charge in [0.2, 0.25) is 0 Å². The van der Waals surface area contributed by atoms with E-state index in [-0.39, 0.29) is 24.6 Å². The van der Waals surface area contributed by atoms with Crippen LogP contribution in [0.15, 0.2) is 48.0 Å². The summed E-state index contributed by atoms with van der Waals surface area (Å²) in [7, 11) is 0. The van der Waals surface area contributed by atoms with Crippen LogP contribution in [0.25, 0.3) is 21.7 Å².